The molecule has 14 nitrogen and oxygen atoms in total. The van der Waals surface area contributed by atoms with E-state index in [2.05, 4.69) is 52.7 Å². The van der Waals surface area contributed by atoms with Gasteiger partial charge in [0.25, 0.3) is 0 Å². The molecule has 6 rings (SSSR count). The molecule has 2 N–H and O–H groups in total. The number of piperidine rings is 2. The van der Waals surface area contributed by atoms with E-state index >= 15 is 0 Å². The van der Waals surface area contributed by atoms with E-state index < -0.39 is 27.7 Å². The Bertz CT molecular complexity index is 2050. The zero-order valence-electron chi connectivity index (χ0n) is 32.1. The summed E-state index contributed by atoms with van der Waals surface area (Å²) in [4.78, 5) is 40.6. The number of rotatable bonds is 9. The first kappa shape index (κ1) is 39.2. The quantitative estimate of drug-likeness (QED) is 0.304. The van der Waals surface area contributed by atoms with Gasteiger partial charge in [0, 0.05) is 50.6 Å². The van der Waals surface area contributed by atoms with Crippen LogP contribution in [0.1, 0.15) is 89.3 Å². The first-order valence-corrected chi connectivity index (χ1v) is 20.3. The molecule has 3 fully saturated rings. The second-order valence-electron chi connectivity index (χ2n) is 16.0. The van der Waals surface area contributed by atoms with Crippen molar-refractivity contribution in [2.45, 2.75) is 102 Å². The fourth-order valence-electron chi connectivity index (χ4n) is 7.86. The lowest BCUT2D eigenvalue weighted by molar-refractivity contribution is -0.120. The van der Waals surface area contributed by atoms with Gasteiger partial charge in [-0.15, -0.1) is 0 Å². The van der Waals surface area contributed by atoms with Crippen molar-refractivity contribution in [1.82, 2.24) is 29.6 Å². The molecule has 3 aliphatic heterocycles. The maximum Gasteiger partial charge on any atom is 0.407 e. The number of hydrogen-bond donors (Lipinski definition) is 2. The summed E-state index contributed by atoms with van der Waals surface area (Å²) in [5, 5.41) is 20.7. The van der Waals surface area contributed by atoms with E-state index in [1.54, 1.807) is 37.6 Å². The van der Waals surface area contributed by atoms with Gasteiger partial charge in [0.15, 0.2) is 5.82 Å². The number of sulfonamides is 1. The van der Waals surface area contributed by atoms with Gasteiger partial charge in [-0.3, -0.25) is 19.7 Å². The first-order valence-electron chi connectivity index (χ1n) is 18.9. The molecule has 0 bridgehead atoms. The number of fused-ring (bicyclic) bond motifs is 1. The molecule has 4 heterocycles. The van der Waals surface area contributed by atoms with Gasteiger partial charge in [0.05, 0.1) is 22.0 Å². The summed E-state index contributed by atoms with van der Waals surface area (Å²) in [7, 11) is -1.92. The van der Waals surface area contributed by atoms with E-state index in [9.17, 15) is 28.1 Å². The van der Waals surface area contributed by atoms with E-state index in [0.29, 0.717) is 43.1 Å². The third-order valence-corrected chi connectivity index (χ3v) is 13.0. The predicted molar refractivity (Wildman–Crippen MR) is 204 cm³/mol. The number of aryl methyl sites for hydroxylation is 1. The van der Waals surface area contributed by atoms with Gasteiger partial charge in [0.1, 0.15) is 5.60 Å². The summed E-state index contributed by atoms with van der Waals surface area (Å²) in [6.07, 6.45) is 3.22. The highest BCUT2D eigenvalue weighted by Crippen LogP contribution is 2.35. The van der Waals surface area contributed by atoms with Gasteiger partial charge in [-0.05, 0) is 126 Å². The maximum atomic E-state index is 13.7. The fourth-order valence-corrected chi connectivity index (χ4v) is 9.39. The molecule has 1 aromatic heterocycles. The van der Waals surface area contributed by atoms with Gasteiger partial charge in [-0.1, -0.05) is 13.0 Å². The SMILES string of the molecule is CC(Cc1cc(S(=O)(=O)N2CCC(NC(=O)OC(C)(C)C)CC2)ccc1C#N)C(C)N1CCC(c2ccc3c(N4CCC(=O)NC4=O)nn(C)c3c2)CC1. The van der Waals surface area contributed by atoms with Crippen molar-refractivity contribution in [1.29, 1.82) is 5.26 Å². The molecule has 3 saturated heterocycles. The zero-order valence-corrected chi connectivity index (χ0v) is 32.9. The monoisotopic (exact) mass is 760 g/mol. The molecule has 3 aromatic rings. The first-order chi connectivity index (χ1) is 25.5. The van der Waals surface area contributed by atoms with Crippen molar-refractivity contribution < 1.29 is 27.5 Å². The Morgan fingerprint density at radius 3 is 2.39 bits per heavy atom. The number of aromatic nitrogens is 2. The molecule has 0 saturated carbocycles. The van der Waals surface area contributed by atoms with Gasteiger partial charge < -0.3 is 15.0 Å². The summed E-state index contributed by atoms with van der Waals surface area (Å²) in [5.41, 5.74) is 2.77. The standard InChI is InChI=1S/C39H52N8O6S/c1-25(21-30-22-32(9-7-29(30)24-40)54(51,52)46-18-13-31(14-19-46)41-38(50)53-39(3,4)5)26(2)45-16-11-27(12-17-45)28-8-10-33-34(23-28)44(6)43-36(33)47-20-15-35(48)42-37(47)49/h7-10,22-23,25-27,31H,11-21H2,1-6H3,(H,41,50)(H,42,48,49). The van der Waals surface area contributed by atoms with Gasteiger partial charge in [0.2, 0.25) is 15.9 Å². The number of alkyl carbamates (subject to hydrolysis) is 1. The van der Waals surface area contributed by atoms with Gasteiger partial charge in [-0.2, -0.15) is 14.7 Å². The fraction of sp³-hybridized carbons (Fsp3) is 0.564. The van der Waals surface area contributed by atoms with E-state index in [-0.39, 0.29) is 48.3 Å². The number of nitriles is 1. The lowest BCUT2D eigenvalue weighted by Gasteiger charge is -2.39. The molecule has 0 spiro atoms. The van der Waals surface area contributed by atoms with Crippen LogP contribution >= 0.6 is 0 Å². The Balaban J connectivity index is 1.06. The van der Waals surface area contributed by atoms with Crippen molar-refractivity contribution in [3.8, 4) is 6.07 Å². The number of amides is 4. The number of ether oxygens (including phenoxy) is 1. The Morgan fingerprint density at radius 2 is 1.74 bits per heavy atom. The molecule has 0 aliphatic carbocycles. The number of benzene rings is 2. The molecule has 15 heteroatoms. The van der Waals surface area contributed by atoms with Crippen LogP contribution < -0.4 is 15.5 Å². The lowest BCUT2D eigenvalue weighted by atomic mass is 9.86. The Morgan fingerprint density at radius 1 is 1.04 bits per heavy atom. The second-order valence-corrected chi connectivity index (χ2v) is 17.9. The highest BCUT2D eigenvalue weighted by Gasteiger charge is 2.33. The summed E-state index contributed by atoms with van der Waals surface area (Å²) in [5.74, 6) is 0.806. The van der Waals surface area contributed by atoms with Crippen LogP contribution in [0.4, 0.5) is 15.4 Å². The minimum absolute atomic E-state index is 0.160. The molecule has 3 aliphatic rings. The summed E-state index contributed by atoms with van der Waals surface area (Å²) in [6, 6.07) is 13.0. The predicted octanol–water partition coefficient (Wildman–Crippen LogP) is 5.02. The summed E-state index contributed by atoms with van der Waals surface area (Å²) in [6.45, 7) is 12.4. The Hall–Kier alpha value is -4.52. The van der Waals surface area contributed by atoms with Crippen LogP contribution in [0.15, 0.2) is 41.3 Å². The molecule has 2 atom stereocenters. The highest BCUT2D eigenvalue weighted by molar-refractivity contribution is 7.89. The molecule has 0 radical (unpaired) electrons. The van der Waals surface area contributed by atoms with Crippen LogP contribution in [-0.4, -0.2) is 95.8 Å². The Labute approximate surface area is 317 Å². The topological polar surface area (TPSA) is 170 Å². The van der Waals surface area contributed by atoms with E-state index in [1.165, 1.54) is 20.8 Å². The van der Waals surface area contributed by atoms with Crippen molar-refractivity contribution in [2.24, 2.45) is 13.0 Å². The van der Waals surface area contributed by atoms with Crippen LogP contribution in [0.5, 0.6) is 0 Å². The number of urea groups is 1. The largest absolute Gasteiger partial charge is 0.444 e. The smallest absolute Gasteiger partial charge is 0.407 e. The van der Waals surface area contributed by atoms with E-state index in [1.807, 2.05) is 13.1 Å². The van der Waals surface area contributed by atoms with Crippen molar-refractivity contribution in [3.63, 3.8) is 0 Å². The third kappa shape index (κ3) is 8.56. The summed E-state index contributed by atoms with van der Waals surface area (Å²) < 4.78 is 36.1. The van der Waals surface area contributed by atoms with Gasteiger partial charge in [-0.25, -0.2) is 18.0 Å². The van der Waals surface area contributed by atoms with Crippen LogP contribution in [0.3, 0.4) is 0 Å². The average molecular weight is 761 g/mol. The molecular formula is C39H52N8O6S. The molecule has 2 aromatic carbocycles. The number of nitrogens with one attached hydrogen (secondary N) is 2. The van der Waals surface area contributed by atoms with Crippen molar-refractivity contribution >= 4 is 44.8 Å². The Kier molecular flexibility index (Phi) is 11.4. The normalized spacial score (nSPS) is 19.7. The third-order valence-electron chi connectivity index (χ3n) is 11.1. The van der Waals surface area contributed by atoms with Crippen LogP contribution in [-0.2, 0) is 33.0 Å². The molecule has 54 heavy (non-hydrogen) atoms. The molecule has 290 valence electrons. The van der Waals surface area contributed by atoms with E-state index in [0.717, 1.165) is 42.4 Å². The number of likely N-dealkylation sites (tertiary alicyclic amines) is 1. The van der Waals surface area contributed by atoms with E-state index in [4.69, 9.17) is 4.74 Å². The van der Waals surface area contributed by atoms with Crippen LogP contribution in [0.2, 0.25) is 0 Å². The highest BCUT2D eigenvalue weighted by atomic mass is 32.2. The molecular weight excluding hydrogens is 709 g/mol. The van der Waals surface area contributed by atoms with Crippen LogP contribution in [0, 0.1) is 17.2 Å². The maximum absolute atomic E-state index is 13.7. The second kappa shape index (κ2) is 15.7. The van der Waals surface area contributed by atoms with Crippen molar-refractivity contribution in [3.05, 3.63) is 53.1 Å². The number of anilines is 1. The lowest BCUT2D eigenvalue weighted by Crippen LogP contribution is -2.49. The number of nitrogens with zero attached hydrogens (tertiary/aromatic N) is 6. The van der Waals surface area contributed by atoms with Gasteiger partial charge >= 0.3 is 12.1 Å². The minimum Gasteiger partial charge on any atom is -0.444 e. The number of imide groups is 1. The number of hydrogen-bond acceptors (Lipinski definition) is 9. The zero-order chi connectivity index (χ0) is 38.9. The number of carbonyl (C=O) groups excluding carboxylic acids is 3. The average Bonchev–Trinajstić information content (AvgIpc) is 3.45. The molecule has 2 unspecified atom stereocenters. The van der Waals surface area contributed by atoms with Crippen molar-refractivity contribution in [2.75, 3.05) is 37.6 Å². The number of carbonyl (C=O) groups is 3. The molecule has 4 amide bonds. The van der Waals surface area contributed by atoms with Crippen LogP contribution in [0.25, 0.3) is 10.9 Å². The minimum atomic E-state index is -3.79. The summed E-state index contributed by atoms with van der Waals surface area (Å²) >= 11 is 0.